The number of aryl methyl sites for hydroxylation is 1. The lowest BCUT2D eigenvalue weighted by Gasteiger charge is -2.43. The second-order valence-corrected chi connectivity index (χ2v) is 10.7. The maximum absolute atomic E-state index is 14.1. The Morgan fingerprint density at radius 3 is 2.21 bits per heavy atom. The summed E-state index contributed by atoms with van der Waals surface area (Å²) >= 11 is 0. The largest absolute Gasteiger partial charge is 0.444 e. The number of carbonyl (C=O) groups excluding carboxylic acids is 4. The molecule has 204 valence electrons. The van der Waals surface area contributed by atoms with Crippen LogP contribution in [0.2, 0.25) is 0 Å². The van der Waals surface area contributed by atoms with Crippen LogP contribution in [-0.4, -0.2) is 46.4 Å². The normalized spacial score (nSPS) is 14.9. The molecule has 4 N–H and O–H groups in total. The predicted octanol–water partition coefficient (Wildman–Crippen LogP) is 3.50. The first-order chi connectivity index (χ1) is 18.0. The molecule has 2 atom stereocenters. The minimum Gasteiger partial charge on any atom is -0.444 e. The lowest BCUT2D eigenvalue weighted by Crippen LogP contribution is -2.58. The van der Waals surface area contributed by atoms with Crippen LogP contribution in [0.4, 0.5) is 4.79 Å². The third-order valence-electron chi connectivity index (χ3n) is 6.44. The quantitative estimate of drug-likeness (QED) is 0.440. The molecule has 0 heterocycles. The molecule has 0 aromatic heterocycles. The standard InChI is InChI=1S/C29H38N4O5/c1-19-11-8-9-16-22(19)25(26(35)31-18-20-12-6-5-7-13-20)33(21-14-10-15-21)27(36)23(17-24(30)34)32-28(37)38-29(2,3)4/h5-9,11-13,16,21,23,25H,10,14-15,17-18H2,1-4H3,(H2,30,34)(H,31,35)(H,32,37). The number of ether oxygens (including phenoxy) is 1. The summed E-state index contributed by atoms with van der Waals surface area (Å²) < 4.78 is 5.33. The number of rotatable bonds is 10. The molecule has 0 radical (unpaired) electrons. The van der Waals surface area contributed by atoms with Crippen molar-refractivity contribution in [3.8, 4) is 0 Å². The average molecular weight is 523 g/mol. The van der Waals surface area contributed by atoms with E-state index in [1.165, 1.54) is 4.90 Å². The van der Waals surface area contributed by atoms with Crippen LogP contribution in [-0.2, 0) is 25.7 Å². The van der Waals surface area contributed by atoms with Crippen LogP contribution in [0.25, 0.3) is 0 Å². The maximum atomic E-state index is 14.1. The summed E-state index contributed by atoms with van der Waals surface area (Å²) in [4.78, 5) is 53.9. The molecule has 1 fully saturated rings. The summed E-state index contributed by atoms with van der Waals surface area (Å²) in [7, 11) is 0. The number of benzene rings is 2. The Hall–Kier alpha value is -3.88. The van der Waals surface area contributed by atoms with Crippen molar-refractivity contribution >= 4 is 23.8 Å². The second kappa shape index (κ2) is 12.6. The number of nitrogens with one attached hydrogen (secondary N) is 2. The van der Waals surface area contributed by atoms with E-state index in [0.717, 1.165) is 17.5 Å². The van der Waals surface area contributed by atoms with Crippen molar-refractivity contribution in [1.29, 1.82) is 0 Å². The van der Waals surface area contributed by atoms with Gasteiger partial charge in [0, 0.05) is 12.6 Å². The molecule has 0 saturated heterocycles. The highest BCUT2D eigenvalue weighted by Gasteiger charge is 2.42. The number of amides is 4. The number of nitrogens with two attached hydrogens (primary N) is 1. The van der Waals surface area contributed by atoms with Gasteiger partial charge in [-0.1, -0.05) is 54.6 Å². The van der Waals surface area contributed by atoms with Crippen molar-refractivity contribution in [2.24, 2.45) is 5.73 Å². The highest BCUT2D eigenvalue weighted by atomic mass is 16.6. The fourth-order valence-electron chi connectivity index (χ4n) is 4.41. The SMILES string of the molecule is Cc1ccccc1C(C(=O)NCc1ccccc1)N(C(=O)C(CC(N)=O)NC(=O)OC(C)(C)C)C1CCC1. The van der Waals surface area contributed by atoms with Crippen molar-refractivity contribution in [2.75, 3.05) is 0 Å². The maximum Gasteiger partial charge on any atom is 0.408 e. The van der Waals surface area contributed by atoms with Crippen molar-refractivity contribution in [3.05, 3.63) is 71.3 Å². The molecular weight excluding hydrogens is 484 g/mol. The smallest absolute Gasteiger partial charge is 0.408 e. The van der Waals surface area contributed by atoms with Crippen LogP contribution in [0.5, 0.6) is 0 Å². The first kappa shape index (κ1) is 28.7. The van der Waals surface area contributed by atoms with E-state index in [0.29, 0.717) is 18.4 Å². The molecule has 0 aliphatic heterocycles. The number of primary amides is 1. The molecule has 0 spiro atoms. The fraction of sp³-hybridized carbons (Fsp3) is 0.448. The molecule has 2 unspecified atom stereocenters. The third kappa shape index (κ3) is 7.81. The summed E-state index contributed by atoms with van der Waals surface area (Å²) in [6, 6.07) is 14.4. The van der Waals surface area contributed by atoms with Crippen molar-refractivity contribution < 1.29 is 23.9 Å². The van der Waals surface area contributed by atoms with E-state index in [1.54, 1.807) is 20.8 Å². The Kier molecular flexibility index (Phi) is 9.50. The molecule has 3 rings (SSSR count). The predicted molar refractivity (Wildman–Crippen MR) is 144 cm³/mol. The first-order valence-electron chi connectivity index (χ1n) is 12.9. The summed E-state index contributed by atoms with van der Waals surface area (Å²) in [5.74, 6) is -1.66. The number of hydrogen-bond acceptors (Lipinski definition) is 5. The second-order valence-electron chi connectivity index (χ2n) is 10.7. The topological polar surface area (TPSA) is 131 Å². The third-order valence-corrected chi connectivity index (χ3v) is 6.44. The Morgan fingerprint density at radius 2 is 1.66 bits per heavy atom. The van der Waals surface area contributed by atoms with Gasteiger partial charge in [-0.15, -0.1) is 0 Å². The van der Waals surface area contributed by atoms with E-state index < -0.39 is 42.0 Å². The molecule has 9 nitrogen and oxygen atoms in total. The Balaban J connectivity index is 1.98. The van der Waals surface area contributed by atoms with Crippen molar-refractivity contribution in [2.45, 2.75) is 83.6 Å². The summed E-state index contributed by atoms with van der Waals surface area (Å²) in [5.41, 5.74) is 7.09. The number of alkyl carbamates (subject to hydrolysis) is 1. The Morgan fingerprint density at radius 1 is 1.03 bits per heavy atom. The zero-order valence-corrected chi connectivity index (χ0v) is 22.5. The number of hydrogen-bond donors (Lipinski definition) is 3. The highest BCUT2D eigenvalue weighted by molar-refractivity contribution is 5.95. The number of nitrogens with zero attached hydrogens (tertiary/aromatic N) is 1. The van der Waals surface area contributed by atoms with Crippen LogP contribution in [0, 0.1) is 6.92 Å². The van der Waals surface area contributed by atoms with Gasteiger partial charge in [0.15, 0.2) is 0 Å². The van der Waals surface area contributed by atoms with Gasteiger partial charge in [-0.25, -0.2) is 4.79 Å². The zero-order valence-electron chi connectivity index (χ0n) is 22.5. The van der Waals surface area contributed by atoms with E-state index in [1.807, 2.05) is 61.5 Å². The molecule has 1 aliphatic rings. The van der Waals surface area contributed by atoms with Crippen LogP contribution in [0.15, 0.2) is 54.6 Å². The average Bonchev–Trinajstić information content (AvgIpc) is 2.80. The van der Waals surface area contributed by atoms with Gasteiger partial charge >= 0.3 is 6.09 Å². The molecule has 0 bridgehead atoms. The van der Waals surface area contributed by atoms with Crippen LogP contribution < -0.4 is 16.4 Å². The zero-order chi connectivity index (χ0) is 27.9. The van der Waals surface area contributed by atoms with E-state index in [2.05, 4.69) is 10.6 Å². The number of carbonyl (C=O) groups is 4. The lowest BCUT2D eigenvalue weighted by molar-refractivity contribution is -0.148. The van der Waals surface area contributed by atoms with Gasteiger partial charge in [0.1, 0.15) is 17.7 Å². The van der Waals surface area contributed by atoms with Gasteiger partial charge in [-0.05, 0) is 63.6 Å². The van der Waals surface area contributed by atoms with Crippen LogP contribution in [0.1, 0.15) is 69.2 Å². The molecule has 9 heteroatoms. The highest BCUT2D eigenvalue weighted by Crippen LogP contribution is 2.35. The molecule has 2 aromatic rings. The Labute approximate surface area is 224 Å². The monoisotopic (exact) mass is 522 g/mol. The Bertz CT molecular complexity index is 1140. The molecule has 1 aliphatic carbocycles. The summed E-state index contributed by atoms with van der Waals surface area (Å²) in [5, 5.41) is 5.50. The molecule has 4 amide bonds. The van der Waals surface area contributed by atoms with E-state index in [-0.39, 0.29) is 18.5 Å². The molecule has 1 saturated carbocycles. The minimum atomic E-state index is -1.28. The van der Waals surface area contributed by atoms with E-state index in [9.17, 15) is 19.2 Å². The van der Waals surface area contributed by atoms with Gasteiger partial charge in [-0.2, -0.15) is 0 Å². The van der Waals surface area contributed by atoms with Gasteiger partial charge in [0.05, 0.1) is 6.42 Å². The summed E-state index contributed by atoms with van der Waals surface area (Å²) in [6.07, 6.45) is 1.05. The van der Waals surface area contributed by atoms with Crippen molar-refractivity contribution in [3.63, 3.8) is 0 Å². The van der Waals surface area contributed by atoms with Crippen LogP contribution in [0.3, 0.4) is 0 Å². The van der Waals surface area contributed by atoms with Gasteiger partial charge in [0.2, 0.25) is 17.7 Å². The molecular formula is C29H38N4O5. The van der Waals surface area contributed by atoms with E-state index >= 15 is 0 Å². The first-order valence-corrected chi connectivity index (χ1v) is 12.9. The van der Waals surface area contributed by atoms with Gasteiger partial charge in [-0.3, -0.25) is 14.4 Å². The molecule has 38 heavy (non-hydrogen) atoms. The minimum absolute atomic E-state index is 0.231. The fourth-order valence-corrected chi connectivity index (χ4v) is 4.41. The van der Waals surface area contributed by atoms with Gasteiger partial charge < -0.3 is 26.0 Å². The van der Waals surface area contributed by atoms with E-state index in [4.69, 9.17) is 10.5 Å². The van der Waals surface area contributed by atoms with Crippen molar-refractivity contribution in [1.82, 2.24) is 15.5 Å². The summed E-state index contributed by atoms with van der Waals surface area (Å²) in [6.45, 7) is 7.27. The molecule has 2 aromatic carbocycles. The van der Waals surface area contributed by atoms with Gasteiger partial charge in [0.25, 0.3) is 0 Å². The lowest BCUT2D eigenvalue weighted by atomic mass is 9.87. The van der Waals surface area contributed by atoms with Crippen LogP contribution >= 0.6 is 0 Å².